The molecular formula is C16H25N3O2. The van der Waals surface area contributed by atoms with Crippen molar-refractivity contribution >= 4 is 5.91 Å². The second-order valence-electron chi connectivity index (χ2n) is 6.64. The molecule has 1 spiro atoms. The van der Waals surface area contributed by atoms with E-state index in [-0.39, 0.29) is 5.91 Å². The molecule has 2 heterocycles. The molecule has 1 aliphatic heterocycles. The Morgan fingerprint density at radius 3 is 2.62 bits per heavy atom. The molecule has 0 unspecified atom stereocenters. The van der Waals surface area contributed by atoms with Crippen molar-refractivity contribution in [2.24, 2.45) is 11.3 Å². The highest BCUT2D eigenvalue weighted by Gasteiger charge is 2.36. The molecule has 0 aromatic carbocycles. The number of furan rings is 1. The molecule has 3 rings (SSSR count). The van der Waals surface area contributed by atoms with E-state index in [4.69, 9.17) is 10.3 Å². The molecule has 1 aromatic rings. The maximum atomic E-state index is 11.6. The number of hydrogen-bond donors (Lipinski definition) is 2. The van der Waals surface area contributed by atoms with Gasteiger partial charge in [-0.25, -0.2) is 5.84 Å². The van der Waals surface area contributed by atoms with Crippen LogP contribution in [0, 0.1) is 12.3 Å². The van der Waals surface area contributed by atoms with Gasteiger partial charge < -0.3 is 4.42 Å². The van der Waals surface area contributed by atoms with E-state index >= 15 is 0 Å². The van der Waals surface area contributed by atoms with Gasteiger partial charge in [-0.15, -0.1) is 0 Å². The van der Waals surface area contributed by atoms with Crippen molar-refractivity contribution < 1.29 is 9.21 Å². The molecule has 1 aliphatic carbocycles. The lowest BCUT2D eigenvalue weighted by atomic mass is 9.77. The lowest BCUT2D eigenvalue weighted by molar-refractivity contribution is 0.0952. The van der Waals surface area contributed by atoms with Crippen molar-refractivity contribution in [1.82, 2.24) is 10.3 Å². The number of hydrogen-bond acceptors (Lipinski definition) is 4. The van der Waals surface area contributed by atoms with E-state index in [1.807, 2.05) is 6.07 Å². The van der Waals surface area contributed by atoms with E-state index < -0.39 is 0 Å². The molecule has 0 bridgehead atoms. The van der Waals surface area contributed by atoms with Crippen LogP contribution >= 0.6 is 0 Å². The highest BCUT2D eigenvalue weighted by Crippen LogP contribution is 2.46. The van der Waals surface area contributed by atoms with Gasteiger partial charge in [0.1, 0.15) is 11.5 Å². The van der Waals surface area contributed by atoms with Crippen LogP contribution in [0.5, 0.6) is 0 Å². The van der Waals surface area contributed by atoms with Gasteiger partial charge in [-0.1, -0.05) is 12.8 Å². The molecule has 21 heavy (non-hydrogen) atoms. The Morgan fingerprint density at radius 1 is 1.33 bits per heavy atom. The number of rotatable bonds is 3. The molecule has 5 heteroatoms. The molecular weight excluding hydrogens is 266 g/mol. The van der Waals surface area contributed by atoms with Crippen LogP contribution in [0.4, 0.5) is 0 Å². The normalized spacial score (nSPS) is 21.8. The van der Waals surface area contributed by atoms with Crippen LogP contribution in [0.2, 0.25) is 0 Å². The highest BCUT2D eigenvalue weighted by molar-refractivity contribution is 5.94. The first-order chi connectivity index (χ1) is 10.1. The average molecular weight is 291 g/mol. The quantitative estimate of drug-likeness (QED) is 0.509. The Kier molecular flexibility index (Phi) is 4.04. The zero-order valence-corrected chi connectivity index (χ0v) is 12.8. The first-order valence-electron chi connectivity index (χ1n) is 7.94. The summed E-state index contributed by atoms with van der Waals surface area (Å²) in [6.07, 6.45) is 8.28. The maximum Gasteiger partial charge on any atom is 0.268 e. The predicted octanol–water partition coefficient (Wildman–Crippen LogP) is 2.35. The number of carbonyl (C=O) groups is 1. The van der Waals surface area contributed by atoms with Crippen molar-refractivity contribution in [3.8, 4) is 0 Å². The smallest absolute Gasteiger partial charge is 0.268 e. The van der Waals surface area contributed by atoms with Crippen LogP contribution in [-0.4, -0.2) is 23.9 Å². The van der Waals surface area contributed by atoms with Crippen molar-refractivity contribution in [2.45, 2.75) is 52.0 Å². The number of aryl methyl sites for hydroxylation is 1. The fourth-order valence-electron chi connectivity index (χ4n) is 3.96. The zero-order chi connectivity index (χ0) is 14.9. The Hall–Kier alpha value is -1.33. The first-order valence-corrected chi connectivity index (χ1v) is 7.94. The van der Waals surface area contributed by atoms with Crippen molar-refractivity contribution in [3.63, 3.8) is 0 Å². The average Bonchev–Trinajstić information content (AvgIpc) is 3.08. The van der Waals surface area contributed by atoms with Crippen LogP contribution < -0.4 is 11.3 Å². The Labute approximate surface area is 125 Å². The third-order valence-electron chi connectivity index (χ3n) is 5.30. The van der Waals surface area contributed by atoms with Crippen LogP contribution in [0.25, 0.3) is 0 Å². The van der Waals surface area contributed by atoms with Crippen molar-refractivity contribution in [2.75, 3.05) is 13.1 Å². The predicted molar refractivity (Wildman–Crippen MR) is 80.5 cm³/mol. The van der Waals surface area contributed by atoms with Gasteiger partial charge in [0.05, 0.1) is 12.1 Å². The number of piperidine rings is 1. The Balaban J connectivity index is 1.59. The molecule has 1 saturated carbocycles. The number of nitrogens with two attached hydrogens (primary N) is 1. The van der Waals surface area contributed by atoms with Gasteiger partial charge in [-0.3, -0.25) is 15.1 Å². The summed E-state index contributed by atoms with van der Waals surface area (Å²) >= 11 is 0. The van der Waals surface area contributed by atoms with Gasteiger partial charge in [0.15, 0.2) is 0 Å². The molecule has 0 radical (unpaired) electrons. The fourth-order valence-corrected chi connectivity index (χ4v) is 3.96. The molecule has 3 N–H and O–H groups in total. The number of amides is 1. The van der Waals surface area contributed by atoms with Crippen molar-refractivity contribution in [3.05, 3.63) is 23.2 Å². The SMILES string of the molecule is Cc1oc(CN2CCC3(CCCC3)CC2)cc1C(=O)NN. The van der Waals surface area contributed by atoms with Crippen LogP contribution in [0.1, 0.15) is 60.4 Å². The Bertz CT molecular complexity index is 508. The van der Waals surface area contributed by atoms with Crippen LogP contribution in [0.3, 0.4) is 0 Å². The molecule has 0 atom stereocenters. The molecule has 1 aromatic heterocycles. The van der Waals surface area contributed by atoms with Gasteiger partial charge >= 0.3 is 0 Å². The summed E-state index contributed by atoms with van der Waals surface area (Å²) in [7, 11) is 0. The van der Waals surface area contributed by atoms with Crippen molar-refractivity contribution in [1.29, 1.82) is 0 Å². The minimum Gasteiger partial charge on any atom is -0.464 e. The van der Waals surface area contributed by atoms with Gasteiger partial charge in [-0.2, -0.15) is 0 Å². The standard InChI is InChI=1S/C16H25N3O2/c1-12-14(15(20)18-17)10-13(21-12)11-19-8-6-16(7-9-19)4-2-3-5-16/h10H,2-9,11,17H2,1H3,(H,18,20). The summed E-state index contributed by atoms with van der Waals surface area (Å²) < 4.78 is 5.70. The third kappa shape index (κ3) is 2.99. The van der Waals surface area contributed by atoms with Gasteiger partial charge in [0.25, 0.3) is 5.91 Å². The number of carbonyl (C=O) groups excluding carboxylic acids is 1. The summed E-state index contributed by atoms with van der Waals surface area (Å²) in [4.78, 5) is 14.0. The lowest BCUT2D eigenvalue weighted by Crippen LogP contribution is -2.38. The molecule has 1 amide bonds. The highest BCUT2D eigenvalue weighted by atomic mass is 16.3. The van der Waals surface area contributed by atoms with Gasteiger partial charge in [0, 0.05) is 0 Å². The lowest BCUT2D eigenvalue weighted by Gasteiger charge is -2.39. The first kappa shape index (κ1) is 14.6. The van der Waals surface area contributed by atoms with E-state index in [1.54, 1.807) is 6.92 Å². The minimum absolute atomic E-state index is 0.286. The topological polar surface area (TPSA) is 71.5 Å². The largest absolute Gasteiger partial charge is 0.464 e. The monoisotopic (exact) mass is 291 g/mol. The summed E-state index contributed by atoms with van der Waals surface area (Å²) in [6.45, 7) is 4.86. The summed E-state index contributed by atoms with van der Waals surface area (Å²) in [5.74, 6) is 6.39. The number of nitrogens with one attached hydrogen (secondary N) is 1. The molecule has 2 fully saturated rings. The summed E-state index contributed by atoms with van der Waals surface area (Å²) in [5, 5.41) is 0. The summed E-state index contributed by atoms with van der Waals surface area (Å²) in [5.41, 5.74) is 3.34. The van der Waals surface area contributed by atoms with E-state index in [0.717, 1.165) is 25.4 Å². The van der Waals surface area contributed by atoms with E-state index in [1.165, 1.54) is 38.5 Å². The summed E-state index contributed by atoms with van der Waals surface area (Å²) in [6, 6.07) is 1.82. The minimum atomic E-state index is -0.286. The molecule has 2 aliphatic rings. The third-order valence-corrected chi connectivity index (χ3v) is 5.30. The number of nitrogen functional groups attached to an aromatic ring is 1. The zero-order valence-electron chi connectivity index (χ0n) is 12.8. The molecule has 1 saturated heterocycles. The van der Waals surface area contributed by atoms with E-state index in [9.17, 15) is 4.79 Å². The number of hydrazine groups is 1. The second-order valence-corrected chi connectivity index (χ2v) is 6.64. The molecule has 116 valence electrons. The molecule has 5 nitrogen and oxygen atoms in total. The fraction of sp³-hybridized carbons (Fsp3) is 0.688. The van der Waals surface area contributed by atoms with E-state index in [0.29, 0.717) is 16.7 Å². The number of nitrogens with zero attached hydrogens (tertiary/aromatic N) is 1. The van der Waals surface area contributed by atoms with Crippen LogP contribution in [-0.2, 0) is 6.54 Å². The number of likely N-dealkylation sites (tertiary alicyclic amines) is 1. The second kappa shape index (κ2) is 5.81. The van der Waals surface area contributed by atoms with E-state index in [2.05, 4.69) is 10.3 Å². The van der Waals surface area contributed by atoms with Crippen LogP contribution in [0.15, 0.2) is 10.5 Å². The van der Waals surface area contributed by atoms with Gasteiger partial charge in [0.2, 0.25) is 0 Å². The Morgan fingerprint density at radius 2 is 2.00 bits per heavy atom. The maximum absolute atomic E-state index is 11.6. The van der Waals surface area contributed by atoms with Gasteiger partial charge in [-0.05, 0) is 57.2 Å².